The van der Waals surface area contributed by atoms with Gasteiger partial charge in [-0.1, -0.05) is 41.9 Å². The molecule has 11 heteroatoms. The smallest absolute Gasteiger partial charge is 0.312 e. The van der Waals surface area contributed by atoms with Crippen molar-refractivity contribution in [2.75, 3.05) is 26.2 Å². The third kappa shape index (κ3) is 5.33. The number of hydrogen-bond donors (Lipinski definition) is 2. The van der Waals surface area contributed by atoms with Gasteiger partial charge in [0, 0.05) is 31.2 Å². The highest BCUT2D eigenvalue weighted by Gasteiger charge is 2.32. The predicted molar refractivity (Wildman–Crippen MR) is 113 cm³/mol. The minimum atomic E-state index is -4.00. The van der Waals surface area contributed by atoms with Crippen molar-refractivity contribution >= 4 is 33.6 Å². The van der Waals surface area contributed by atoms with Gasteiger partial charge in [-0.15, -0.1) is 0 Å². The molecule has 1 unspecified atom stereocenters. The van der Waals surface area contributed by atoms with E-state index in [1.165, 1.54) is 23.1 Å². The second-order valence-electron chi connectivity index (χ2n) is 7.00. The molecule has 0 saturated carbocycles. The molecule has 3 amide bonds. The van der Waals surface area contributed by atoms with Crippen molar-refractivity contribution in [3.63, 3.8) is 0 Å². The number of primary amides is 1. The number of nitrogens with one attached hydrogen (secondary N) is 1. The predicted octanol–water partition coefficient (Wildman–Crippen LogP) is 2.11. The number of halogens is 2. The molecule has 166 valence electrons. The van der Waals surface area contributed by atoms with E-state index in [1.54, 1.807) is 24.3 Å². The first kappa shape index (κ1) is 23.0. The monoisotopic (exact) mass is 468 g/mol. The van der Waals surface area contributed by atoms with Gasteiger partial charge in [0.05, 0.1) is 12.5 Å². The van der Waals surface area contributed by atoms with Gasteiger partial charge in [0.2, 0.25) is 15.9 Å². The molecular formula is C20H22ClFN4O4S. The van der Waals surface area contributed by atoms with Crippen molar-refractivity contribution in [3.8, 4) is 0 Å². The summed E-state index contributed by atoms with van der Waals surface area (Å²) in [5, 5.41) is 2.91. The van der Waals surface area contributed by atoms with Gasteiger partial charge in [0.25, 0.3) is 0 Å². The SMILES string of the molecule is NC(=O)NC(CC(=O)N1CCN(S(=O)(=O)c2ccccc2F)CC1)c1ccccc1Cl. The fraction of sp³-hybridized carbons (Fsp3) is 0.300. The third-order valence-corrected chi connectivity index (χ3v) is 7.30. The number of carbonyl (C=O) groups is 2. The van der Waals surface area contributed by atoms with Crippen LogP contribution in [0.25, 0.3) is 0 Å². The van der Waals surface area contributed by atoms with Crippen molar-refractivity contribution in [2.45, 2.75) is 17.4 Å². The van der Waals surface area contributed by atoms with E-state index in [9.17, 15) is 22.4 Å². The van der Waals surface area contributed by atoms with Crippen LogP contribution in [-0.2, 0) is 14.8 Å². The van der Waals surface area contributed by atoms with E-state index < -0.39 is 27.9 Å². The number of nitrogens with two attached hydrogens (primary N) is 1. The summed E-state index contributed by atoms with van der Waals surface area (Å²) in [4.78, 5) is 25.3. The summed E-state index contributed by atoms with van der Waals surface area (Å²) in [5.74, 6) is -1.11. The average Bonchev–Trinajstić information content (AvgIpc) is 2.73. The van der Waals surface area contributed by atoms with Crippen LogP contribution in [0, 0.1) is 5.82 Å². The van der Waals surface area contributed by atoms with Gasteiger partial charge in [-0.3, -0.25) is 4.79 Å². The Hall–Kier alpha value is -2.69. The highest BCUT2D eigenvalue weighted by atomic mass is 35.5. The number of amides is 3. The van der Waals surface area contributed by atoms with Crippen LogP contribution in [0.5, 0.6) is 0 Å². The van der Waals surface area contributed by atoms with E-state index in [2.05, 4.69) is 5.32 Å². The normalized spacial score (nSPS) is 16.0. The summed E-state index contributed by atoms with van der Waals surface area (Å²) >= 11 is 6.19. The topological polar surface area (TPSA) is 113 Å². The number of nitrogens with zero attached hydrogens (tertiary/aromatic N) is 2. The van der Waals surface area contributed by atoms with Gasteiger partial charge in [-0.2, -0.15) is 4.31 Å². The molecule has 1 heterocycles. The molecule has 2 aromatic rings. The van der Waals surface area contributed by atoms with Crippen LogP contribution in [0.2, 0.25) is 5.02 Å². The fourth-order valence-corrected chi connectivity index (χ4v) is 5.20. The summed E-state index contributed by atoms with van der Waals surface area (Å²) < 4.78 is 40.5. The Balaban J connectivity index is 1.67. The molecule has 1 fully saturated rings. The lowest BCUT2D eigenvalue weighted by atomic mass is 10.0. The van der Waals surface area contributed by atoms with Gasteiger partial charge < -0.3 is 16.0 Å². The number of urea groups is 1. The van der Waals surface area contributed by atoms with Crippen molar-refractivity contribution in [3.05, 3.63) is 64.9 Å². The number of carbonyl (C=O) groups excluding carboxylic acids is 2. The minimum absolute atomic E-state index is 0.0302. The molecule has 1 aliphatic rings. The average molecular weight is 469 g/mol. The molecule has 1 aliphatic heterocycles. The standard InChI is InChI=1S/C20H22ClFN4O4S/c21-15-6-2-1-5-14(15)17(24-20(23)28)13-19(27)25-9-11-26(12-10-25)31(29,30)18-8-4-3-7-16(18)22/h1-8,17H,9-13H2,(H3,23,24,28). The maximum atomic E-state index is 14.0. The van der Waals surface area contributed by atoms with Crippen molar-refractivity contribution < 1.29 is 22.4 Å². The Labute approximate surface area is 184 Å². The summed E-state index contributed by atoms with van der Waals surface area (Å²) in [6.45, 7) is 0.335. The Morgan fingerprint density at radius 1 is 1.06 bits per heavy atom. The molecule has 8 nitrogen and oxygen atoms in total. The van der Waals surface area contributed by atoms with E-state index in [0.29, 0.717) is 10.6 Å². The maximum absolute atomic E-state index is 14.0. The Kier molecular flexibility index (Phi) is 7.14. The van der Waals surface area contributed by atoms with Gasteiger partial charge in [-0.05, 0) is 23.8 Å². The zero-order valence-corrected chi connectivity index (χ0v) is 18.1. The lowest BCUT2D eigenvalue weighted by molar-refractivity contribution is -0.132. The first-order valence-corrected chi connectivity index (χ1v) is 11.3. The van der Waals surface area contributed by atoms with Crippen LogP contribution in [0.1, 0.15) is 18.0 Å². The highest BCUT2D eigenvalue weighted by Crippen LogP contribution is 2.26. The van der Waals surface area contributed by atoms with Gasteiger partial charge >= 0.3 is 6.03 Å². The maximum Gasteiger partial charge on any atom is 0.312 e. The zero-order valence-electron chi connectivity index (χ0n) is 16.5. The molecule has 1 atom stereocenters. The Bertz CT molecular complexity index is 1070. The molecule has 0 bridgehead atoms. The fourth-order valence-electron chi connectivity index (χ4n) is 3.44. The van der Waals surface area contributed by atoms with Crippen LogP contribution in [-0.4, -0.2) is 55.7 Å². The number of sulfonamides is 1. The first-order chi connectivity index (χ1) is 14.7. The molecule has 0 spiro atoms. The van der Waals surface area contributed by atoms with E-state index in [4.69, 9.17) is 17.3 Å². The summed E-state index contributed by atoms with van der Waals surface area (Å²) in [6, 6.07) is 10.4. The zero-order chi connectivity index (χ0) is 22.6. The van der Waals surface area contributed by atoms with Gasteiger partial charge in [0.15, 0.2) is 0 Å². The second-order valence-corrected chi connectivity index (χ2v) is 9.32. The summed E-state index contributed by atoms with van der Waals surface area (Å²) in [6.07, 6.45) is -0.0905. The molecule has 0 aliphatic carbocycles. The van der Waals surface area contributed by atoms with E-state index in [0.717, 1.165) is 10.4 Å². The molecule has 0 radical (unpaired) electrons. The Morgan fingerprint density at radius 3 is 2.29 bits per heavy atom. The van der Waals surface area contributed by atoms with Crippen molar-refractivity contribution in [1.29, 1.82) is 0 Å². The van der Waals surface area contributed by atoms with Crippen molar-refractivity contribution in [2.24, 2.45) is 5.73 Å². The first-order valence-electron chi connectivity index (χ1n) is 9.53. The van der Waals surface area contributed by atoms with Crippen LogP contribution in [0.4, 0.5) is 9.18 Å². The van der Waals surface area contributed by atoms with Crippen LogP contribution in [0.15, 0.2) is 53.4 Å². The second kappa shape index (κ2) is 9.63. The molecule has 0 aromatic heterocycles. The minimum Gasteiger partial charge on any atom is -0.352 e. The summed E-state index contributed by atoms with van der Waals surface area (Å²) in [7, 11) is -4.00. The largest absolute Gasteiger partial charge is 0.352 e. The van der Waals surface area contributed by atoms with E-state index in [1.807, 2.05) is 0 Å². The lowest BCUT2D eigenvalue weighted by Gasteiger charge is -2.34. The number of piperazine rings is 1. The van der Waals surface area contributed by atoms with Gasteiger partial charge in [-0.25, -0.2) is 17.6 Å². The quantitative estimate of drug-likeness (QED) is 0.676. The van der Waals surface area contributed by atoms with Crippen LogP contribution < -0.4 is 11.1 Å². The molecular weight excluding hydrogens is 447 g/mol. The molecule has 31 heavy (non-hydrogen) atoms. The van der Waals surface area contributed by atoms with E-state index in [-0.39, 0.29) is 43.4 Å². The summed E-state index contributed by atoms with van der Waals surface area (Å²) in [5.41, 5.74) is 5.80. The lowest BCUT2D eigenvalue weighted by Crippen LogP contribution is -2.51. The highest BCUT2D eigenvalue weighted by molar-refractivity contribution is 7.89. The molecule has 3 N–H and O–H groups in total. The van der Waals surface area contributed by atoms with Crippen LogP contribution in [0.3, 0.4) is 0 Å². The molecule has 1 saturated heterocycles. The third-order valence-electron chi connectivity index (χ3n) is 5.02. The molecule has 2 aromatic carbocycles. The van der Waals surface area contributed by atoms with Gasteiger partial charge in [0.1, 0.15) is 10.7 Å². The molecule has 3 rings (SSSR count). The van der Waals surface area contributed by atoms with E-state index >= 15 is 0 Å². The van der Waals surface area contributed by atoms with Crippen LogP contribution >= 0.6 is 11.6 Å². The number of hydrogen-bond acceptors (Lipinski definition) is 4. The Morgan fingerprint density at radius 2 is 1.68 bits per heavy atom. The number of benzene rings is 2. The van der Waals surface area contributed by atoms with Crippen molar-refractivity contribution in [1.82, 2.24) is 14.5 Å². The number of rotatable bonds is 6.